The SMILES string of the molecule is NCCNS(=O)(=O)N1C[C@@H](CCCB(O)O)[C@@](N)(C(=O)O)C1. The van der Waals surface area contributed by atoms with Gasteiger partial charge in [-0.15, -0.1) is 0 Å². The number of nitrogens with one attached hydrogen (secondary N) is 1. The van der Waals surface area contributed by atoms with Crippen LogP contribution in [0.1, 0.15) is 12.8 Å². The molecule has 0 unspecified atom stereocenters. The van der Waals surface area contributed by atoms with E-state index in [9.17, 15) is 18.3 Å². The summed E-state index contributed by atoms with van der Waals surface area (Å²) < 4.78 is 27.4. The highest BCUT2D eigenvalue weighted by Gasteiger charge is 2.52. The topological polar surface area (TPSA) is 179 Å². The van der Waals surface area contributed by atoms with E-state index in [1.54, 1.807) is 0 Å². The molecule has 1 saturated heterocycles. The van der Waals surface area contributed by atoms with Crippen LogP contribution in [-0.2, 0) is 15.0 Å². The fraction of sp³-hybridized carbons (Fsp3) is 0.900. The van der Waals surface area contributed by atoms with Gasteiger partial charge in [0.15, 0.2) is 0 Å². The number of rotatable bonds is 9. The van der Waals surface area contributed by atoms with Gasteiger partial charge in [-0.1, -0.05) is 6.42 Å². The van der Waals surface area contributed by atoms with Gasteiger partial charge >= 0.3 is 13.1 Å². The summed E-state index contributed by atoms with van der Waals surface area (Å²) in [6, 6.07) is 0. The molecule has 1 aliphatic heterocycles. The number of nitrogens with zero attached hydrogens (tertiary/aromatic N) is 1. The highest BCUT2D eigenvalue weighted by Crippen LogP contribution is 2.31. The maximum Gasteiger partial charge on any atom is 0.451 e. The summed E-state index contributed by atoms with van der Waals surface area (Å²) in [4.78, 5) is 11.4. The monoisotopic (exact) mass is 338 g/mol. The lowest BCUT2D eigenvalue weighted by molar-refractivity contribution is -0.144. The Balaban J connectivity index is 2.81. The molecule has 2 atom stereocenters. The van der Waals surface area contributed by atoms with Crippen LogP contribution in [0.2, 0.25) is 6.32 Å². The molecule has 128 valence electrons. The first-order valence-electron chi connectivity index (χ1n) is 6.96. The van der Waals surface area contributed by atoms with Crippen molar-refractivity contribution in [1.29, 1.82) is 0 Å². The third-order valence-corrected chi connectivity index (χ3v) is 5.30. The first-order valence-corrected chi connectivity index (χ1v) is 8.40. The molecule has 0 amide bonds. The van der Waals surface area contributed by atoms with Gasteiger partial charge < -0.3 is 26.6 Å². The van der Waals surface area contributed by atoms with Gasteiger partial charge in [0.05, 0.1) is 0 Å². The number of carboxylic acids is 1. The van der Waals surface area contributed by atoms with Crippen molar-refractivity contribution in [3.05, 3.63) is 0 Å². The normalized spacial score (nSPS) is 26.3. The van der Waals surface area contributed by atoms with Gasteiger partial charge in [-0.2, -0.15) is 12.7 Å². The molecule has 0 aliphatic carbocycles. The lowest BCUT2D eigenvalue weighted by atomic mass is 9.78. The van der Waals surface area contributed by atoms with Crippen molar-refractivity contribution < 1.29 is 28.4 Å². The van der Waals surface area contributed by atoms with Crippen LogP contribution in [0.5, 0.6) is 0 Å². The molecule has 0 spiro atoms. The summed E-state index contributed by atoms with van der Waals surface area (Å²) in [5.41, 5.74) is 9.44. The van der Waals surface area contributed by atoms with E-state index in [0.29, 0.717) is 6.42 Å². The first kappa shape index (κ1) is 19.3. The Morgan fingerprint density at radius 1 is 1.45 bits per heavy atom. The van der Waals surface area contributed by atoms with E-state index in [-0.39, 0.29) is 38.9 Å². The van der Waals surface area contributed by atoms with E-state index in [1.165, 1.54) is 0 Å². The fourth-order valence-electron chi connectivity index (χ4n) is 2.49. The summed E-state index contributed by atoms with van der Waals surface area (Å²) in [5, 5.41) is 27.0. The molecule has 1 fully saturated rings. The third kappa shape index (κ3) is 4.62. The van der Waals surface area contributed by atoms with E-state index in [1.807, 2.05) is 0 Å². The lowest BCUT2D eigenvalue weighted by Crippen LogP contribution is -2.55. The van der Waals surface area contributed by atoms with E-state index < -0.39 is 34.8 Å². The van der Waals surface area contributed by atoms with Crippen molar-refractivity contribution in [2.24, 2.45) is 17.4 Å². The number of carboxylic acid groups (broad SMARTS) is 1. The molecule has 0 aromatic rings. The predicted octanol–water partition coefficient (Wildman–Crippen LogP) is -3.25. The molecule has 22 heavy (non-hydrogen) atoms. The van der Waals surface area contributed by atoms with Gasteiger partial charge in [0.2, 0.25) is 0 Å². The van der Waals surface area contributed by atoms with Gasteiger partial charge in [0.25, 0.3) is 10.2 Å². The molecule has 0 bridgehead atoms. The average Bonchev–Trinajstić information content (AvgIpc) is 2.76. The zero-order valence-corrected chi connectivity index (χ0v) is 13.0. The Bertz CT molecular complexity index is 490. The fourth-order valence-corrected chi connectivity index (χ4v) is 3.81. The summed E-state index contributed by atoms with van der Waals surface area (Å²) in [6.45, 7) is -0.207. The molecule has 1 heterocycles. The Kier molecular flexibility index (Phi) is 6.74. The summed E-state index contributed by atoms with van der Waals surface area (Å²) in [6.07, 6.45) is 0.687. The van der Waals surface area contributed by atoms with Crippen LogP contribution in [0.3, 0.4) is 0 Å². The smallest absolute Gasteiger partial charge is 0.451 e. The molecular weight excluding hydrogens is 315 g/mol. The summed E-state index contributed by atoms with van der Waals surface area (Å²) in [7, 11) is -5.32. The van der Waals surface area contributed by atoms with Crippen LogP contribution in [0.4, 0.5) is 0 Å². The molecule has 0 aromatic heterocycles. The number of nitrogens with two attached hydrogens (primary N) is 2. The largest absolute Gasteiger partial charge is 0.480 e. The first-order chi connectivity index (χ1) is 10.1. The zero-order valence-electron chi connectivity index (χ0n) is 12.2. The molecule has 10 nitrogen and oxygen atoms in total. The third-order valence-electron chi connectivity index (χ3n) is 3.77. The minimum absolute atomic E-state index is 0.0375. The second-order valence-electron chi connectivity index (χ2n) is 5.43. The van der Waals surface area contributed by atoms with Crippen LogP contribution in [0.25, 0.3) is 0 Å². The van der Waals surface area contributed by atoms with E-state index in [2.05, 4.69) is 4.72 Å². The Labute approximate surface area is 129 Å². The van der Waals surface area contributed by atoms with Gasteiger partial charge in [0.1, 0.15) is 5.54 Å². The van der Waals surface area contributed by atoms with Crippen molar-refractivity contribution >= 4 is 23.3 Å². The van der Waals surface area contributed by atoms with Crippen molar-refractivity contribution in [3.63, 3.8) is 0 Å². The molecule has 0 radical (unpaired) electrons. The van der Waals surface area contributed by atoms with Crippen LogP contribution in [-0.4, -0.2) is 72.7 Å². The molecular formula is C10H23BN4O6S. The Hall–Kier alpha value is -0.755. The molecule has 0 saturated carbocycles. The Morgan fingerprint density at radius 2 is 2.09 bits per heavy atom. The van der Waals surface area contributed by atoms with Crippen molar-refractivity contribution in [2.45, 2.75) is 24.7 Å². The maximum absolute atomic E-state index is 12.1. The van der Waals surface area contributed by atoms with Crippen molar-refractivity contribution in [3.8, 4) is 0 Å². The number of aliphatic carboxylic acids is 1. The van der Waals surface area contributed by atoms with Gasteiger partial charge in [0, 0.05) is 32.1 Å². The Morgan fingerprint density at radius 3 is 2.59 bits per heavy atom. The summed E-state index contributed by atoms with van der Waals surface area (Å²) >= 11 is 0. The van der Waals surface area contributed by atoms with Crippen molar-refractivity contribution in [1.82, 2.24) is 9.03 Å². The average molecular weight is 338 g/mol. The van der Waals surface area contributed by atoms with Crippen LogP contribution < -0.4 is 16.2 Å². The zero-order chi connectivity index (χ0) is 17.0. The highest BCUT2D eigenvalue weighted by molar-refractivity contribution is 7.87. The van der Waals surface area contributed by atoms with Gasteiger partial charge in [-0.05, 0) is 12.7 Å². The highest BCUT2D eigenvalue weighted by atomic mass is 32.2. The van der Waals surface area contributed by atoms with Crippen molar-refractivity contribution in [2.75, 3.05) is 26.2 Å². The second kappa shape index (κ2) is 7.68. The van der Waals surface area contributed by atoms with E-state index >= 15 is 0 Å². The summed E-state index contributed by atoms with van der Waals surface area (Å²) in [5.74, 6) is -1.89. The van der Waals surface area contributed by atoms with Gasteiger partial charge in [-0.3, -0.25) is 4.79 Å². The number of carbonyl (C=O) groups is 1. The minimum Gasteiger partial charge on any atom is -0.480 e. The number of hydrogen-bond donors (Lipinski definition) is 6. The predicted molar refractivity (Wildman–Crippen MR) is 79.8 cm³/mol. The molecule has 8 N–H and O–H groups in total. The molecule has 12 heteroatoms. The maximum atomic E-state index is 12.1. The second-order valence-corrected chi connectivity index (χ2v) is 7.19. The molecule has 1 aliphatic rings. The van der Waals surface area contributed by atoms with Gasteiger partial charge in [-0.25, -0.2) is 4.72 Å². The van der Waals surface area contributed by atoms with E-state index in [0.717, 1.165) is 4.31 Å². The molecule has 0 aromatic carbocycles. The van der Waals surface area contributed by atoms with Crippen LogP contribution >= 0.6 is 0 Å². The van der Waals surface area contributed by atoms with Crippen LogP contribution in [0, 0.1) is 5.92 Å². The standard InChI is InChI=1S/C10H23BN4O6S/c12-4-5-14-22(20,21)15-6-8(2-1-3-11(18)19)10(13,7-15)9(16)17/h8,14,18-19H,1-7,12-13H2,(H,16,17)/t8-,10-/m1/s1. The quantitative estimate of drug-likeness (QED) is 0.237. The van der Waals surface area contributed by atoms with E-state index in [4.69, 9.17) is 21.5 Å². The van der Waals surface area contributed by atoms with Crippen LogP contribution in [0.15, 0.2) is 0 Å². The number of hydrogen-bond acceptors (Lipinski definition) is 7. The lowest BCUT2D eigenvalue weighted by Gasteiger charge is -2.25. The minimum atomic E-state index is -3.84. The molecule has 1 rings (SSSR count).